The Balaban J connectivity index is 1.88. The maximum Gasteiger partial charge on any atom is 0.125 e. The van der Waals surface area contributed by atoms with Crippen LogP contribution in [0.5, 0.6) is 11.5 Å². The third kappa shape index (κ3) is 4.61. The first-order chi connectivity index (χ1) is 10.2. The van der Waals surface area contributed by atoms with Gasteiger partial charge < -0.3 is 19.3 Å². The van der Waals surface area contributed by atoms with Crippen LogP contribution in [-0.2, 0) is 4.74 Å². The number of hydrogen-bond acceptors (Lipinski definition) is 4. The zero-order valence-corrected chi connectivity index (χ0v) is 13.0. The highest BCUT2D eigenvalue weighted by molar-refractivity contribution is 5.41. The third-order valence-corrected chi connectivity index (χ3v) is 4.15. The normalized spacial score (nSPS) is 17.5. The van der Waals surface area contributed by atoms with E-state index < -0.39 is 6.10 Å². The molecule has 0 amide bonds. The minimum Gasteiger partial charge on any atom is -0.497 e. The molecule has 0 aromatic heterocycles. The summed E-state index contributed by atoms with van der Waals surface area (Å²) in [5.41, 5.74) is 0.709. The van der Waals surface area contributed by atoms with Crippen LogP contribution in [-0.4, -0.2) is 32.5 Å². The summed E-state index contributed by atoms with van der Waals surface area (Å²) in [4.78, 5) is 0. The lowest BCUT2D eigenvalue weighted by Crippen LogP contribution is -2.16. The molecule has 21 heavy (non-hydrogen) atoms. The van der Waals surface area contributed by atoms with E-state index >= 15 is 0 Å². The first kappa shape index (κ1) is 16.1. The molecule has 118 valence electrons. The summed E-state index contributed by atoms with van der Waals surface area (Å²) >= 11 is 0. The Hall–Kier alpha value is -1.26. The lowest BCUT2D eigenvalue weighted by atomic mass is 9.90. The zero-order valence-electron chi connectivity index (χ0n) is 13.0. The summed E-state index contributed by atoms with van der Waals surface area (Å²) in [6.45, 7) is 1.03. The number of methoxy groups -OCH3 is 2. The minimum absolute atomic E-state index is 0.292. The summed E-state index contributed by atoms with van der Waals surface area (Å²) < 4.78 is 16.2. The minimum atomic E-state index is -0.696. The predicted molar refractivity (Wildman–Crippen MR) is 81.9 cm³/mol. The molecule has 4 heteroatoms. The summed E-state index contributed by atoms with van der Waals surface area (Å²) in [7, 11) is 3.21. The van der Waals surface area contributed by atoms with Crippen LogP contribution in [0.1, 0.15) is 43.8 Å². The lowest BCUT2D eigenvalue weighted by molar-refractivity contribution is 0.0137. The number of hydrogen-bond donors (Lipinski definition) is 1. The second-order valence-electron chi connectivity index (χ2n) is 5.67. The molecule has 4 nitrogen and oxygen atoms in total. The molecule has 1 N–H and O–H groups in total. The molecule has 0 saturated heterocycles. The van der Waals surface area contributed by atoms with Crippen molar-refractivity contribution in [3.05, 3.63) is 23.8 Å². The first-order valence-electron chi connectivity index (χ1n) is 7.72. The molecule has 1 aromatic carbocycles. The molecular formula is C17H26O4. The van der Waals surface area contributed by atoms with Crippen molar-refractivity contribution in [2.75, 3.05) is 27.4 Å². The fraction of sp³-hybridized carbons (Fsp3) is 0.647. The molecule has 2 rings (SSSR count). The molecule has 1 fully saturated rings. The highest BCUT2D eigenvalue weighted by Crippen LogP contribution is 2.30. The summed E-state index contributed by atoms with van der Waals surface area (Å²) in [6, 6.07) is 5.42. The molecule has 0 radical (unpaired) electrons. The highest BCUT2D eigenvalue weighted by Gasteiger charge is 2.17. The molecule has 1 saturated carbocycles. The Morgan fingerprint density at radius 3 is 2.57 bits per heavy atom. The van der Waals surface area contributed by atoms with E-state index in [1.165, 1.54) is 32.1 Å². The van der Waals surface area contributed by atoms with E-state index in [9.17, 15) is 5.11 Å². The Morgan fingerprint density at radius 1 is 1.14 bits per heavy atom. The monoisotopic (exact) mass is 294 g/mol. The number of aliphatic hydroxyl groups is 1. The lowest BCUT2D eigenvalue weighted by Gasteiger charge is -2.22. The van der Waals surface area contributed by atoms with Crippen molar-refractivity contribution < 1.29 is 19.3 Å². The Morgan fingerprint density at radius 2 is 1.90 bits per heavy atom. The van der Waals surface area contributed by atoms with Gasteiger partial charge in [-0.05, 0) is 37.0 Å². The molecule has 1 aliphatic carbocycles. The maximum atomic E-state index is 10.3. The second-order valence-corrected chi connectivity index (χ2v) is 5.67. The van der Waals surface area contributed by atoms with E-state index in [0.717, 1.165) is 6.61 Å². The van der Waals surface area contributed by atoms with Gasteiger partial charge in [0, 0.05) is 12.2 Å². The third-order valence-electron chi connectivity index (χ3n) is 4.15. The van der Waals surface area contributed by atoms with Crippen LogP contribution in [0.15, 0.2) is 18.2 Å². The van der Waals surface area contributed by atoms with Crippen LogP contribution >= 0.6 is 0 Å². The van der Waals surface area contributed by atoms with Gasteiger partial charge in [-0.3, -0.25) is 0 Å². The van der Waals surface area contributed by atoms with Crippen molar-refractivity contribution in [3.63, 3.8) is 0 Å². The summed E-state index contributed by atoms with van der Waals surface area (Å²) in [6.07, 6.45) is 5.76. The smallest absolute Gasteiger partial charge is 0.125 e. The van der Waals surface area contributed by atoms with Gasteiger partial charge in [0.2, 0.25) is 0 Å². The number of benzene rings is 1. The van der Waals surface area contributed by atoms with E-state index in [0.29, 0.717) is 29.6 Å². The Labute approximate surface area is 127 Å². The van der Waals surface area contributed by atoms with E-state index in [4.69, 9.17) is 14.2 Å². The average Bonchev–Trinajstić information content (AvgIpc) is 2.55. The van der Waals surface area contributed by atoms with Gasteiger partial charge in [0.05, 0.1) is 20.8 Å². The largest absolute Gasteiger partial charge is 0.497 e. The zero-order chi connectivity index (χ0) is 15.1. The van der Waals surface area contributed by atoms with Crippen LogP contribution in [0.3, 0.4) is 0 Å². The predicted octanol–water partition coefficient (Wildman–Crippen LogP) is 3.33. The Bertz CT molecular complexity index is 427. The van der Waals surface area contributed by atoms with Crippen LogP contribution in [0.2, 0.25) is 0 Å². The standard InChI is InChI=1S/C17H26O4/c1-19-14-8-9-17(20-2)15(10-14)16(18)12-21-11-13-6-4-3-5-7-13/h8-10,13,16,18H,3-7,11-12H2,1-2H3. The Kier molecular flexibility index (Phi) is 6.33. The van der Waals surface area contributed by atoms with Crippen molar-refractivity contribution >= 4 is 0 Å². The second kappa shape index (κ2) is 8.25. The van der Waals surface area contributed by atoms with Crippen molar-refractivity contribution in [2.45, 2.75) is 38.2 Å². The van der Waals surface area contributed by atoms with Crippen LogP contribution in [0.25, 0.3) is 0 Å². The topological polar surface area (TPSA) is 47.9 Å². The average molecular weight is 294 g/mol. The van der Waals surface area contributed by atoms with Gasteiger partial charge in [0.25, 0.3) is 0 Å². The van der Waals surface area contributed by atoms with Gasteiger partial charge in [0.1, 0.15) is 17.6 Å². The number of ether oxygens (including phenoxy) is 3. The number of rotatable bonds is 7. The first-order valence-corrected chi connectivity index (χ1v) is 7.72. The number of aliphatic hydroxyl groups excluding tert-OH is 1. The fourth-order valence-electron chi connectivity index (χ4n) is 2.89. The van der Waals surface area contributed by atoms with Gasteiger partial charge in [-0.2, -0.15) is 0 Å². The van der Waals surface area contributed by atoms with Crippen molar-refractivity contribution in [1.82, 2.24) is 0 Å². The molecule has 1 aliphatic rings. The quantitative estimate of drug-likeness (QED) is 0.838. The molecule has 1 aromatic rings. The van der Waals surface area contributed by atoms with Crippen molar-refractivity contribution in [1.29, 1.82) is 0 Å². The molecule has 0 bridgehead atoms. The van der Waals surface area contributed by atoms with Crippen molar-refractivity contribution in [2.24, 2.45) is 5.92 Å². The van der Waals surface area contributed by atoms with Gasteiger partial charge in [0.15, 0.2) is 0 Å². The van der Waals surface area contributed by atoms with Gasteiger partial charge >= 0.3 is 0 Å². The van der Waals surface area contributed by atoms with E-state index in [1.54, 1.807) is 26.4 Å². The summed E-state index contributed by atoms with van der Waals surface area (Å²) in [5.74, 6) is 2.01. The molecule has 0 spiro atoms. The molecule has 0 aliphatic heterocycles. The molecule has 1 unspecified atom stereocenters. The summed E-state index contributed by atoms with van der Waals surface area (Å²) in [5, 5.41) is 10.3. The maximum absolute atomic E-state index is 10.3. The molecule has 1 atom stereocenters. The van der Waals surface area contributed by atoms with Crippen LogP contribution in [0, 0.1) is 5.92 Å². The van der Waals surface area contributed by atoms with E-state index in [-0.39, 0.29) is 0 Å². The van der Waals surface area contributed by atoms with Crippen LogP contribution < -0.4 is 9.47 Å². The van der Waals surface area contributed by atoms with Gasteiger partial charge in [-0.15, -0.1) is 0 Å². The van der Waals surface area contributed by atoms with Crippen LogP contribution in [0.4, 0.5) is 0 Å². The van der Waals surface area contributed by atoms with Gasteiger partial charge in [-0.25, -0.2) is 0 Å². The fourth-order valence-corrected chi connectivity index (χ4v) is 2.89. The molecular weight excluding hydrogens is 268 g/mol. The SMILES string of the molecule is COc1ccc(OC)c(C(O)COCC2CCCCC2)c1. The van der Waals surface area contributed by atoms with E-state index in [1.807, 2.05) is 6.07 Å². The van der Waals surface area contributed by atoms with Gasteiger partial charge in [-0.1, -0.05) is 19.3 Å². The highest BCUT2D eigenvalue weighted by atomic mass is 16.5. The molecule has 0 heterocycles. The van der Waals surface area contributed by atoms with Crippen molar-refractivity contribution in [3.8, 4) is 11.5 Å². The van der Waals surface area contributed by atoms with E-state index in [2.05, 4.69) is 0 Å².